The molecule has 3 aromatic carbocycles. The van der Waals surface area contributed by atoms with Gasteiger partial charge in [-0.3, -0.25) is 24.0 Å². The summed E-state index contributed by atoms with van der Waals surface area (Å²) in [5.74, 6) is -0.837. The van der Waals surface area contributed by atoms with Crippen LogP contribution in [0.15, 0.2) is 65.6 Å². The van der Waals surface area contributed by atoms with Gasteiger partial charge in [0.05, 0.1) is 22.6 Å². The molecule has 1 aliphatic rings. The number of amides is 2. The summed E-state index contributed by atoms with van der Waals surface area (Å²) in [5.41, 5.74) is 1.56. The molecule has 2 amide bonds. The van der Waals surface area contributed by atoms with Crippen molar-refractivity contribution in [2.24, 2.45) is 0 Å². The van der Waals surface area contributed by atoms with Crippen LogP contribution in [-0.4, -0.2) is 55.8 Å². The number of halogens is 1. The number of nitro groups is 1. The highest BCUT2D eigenvalue weighted by Gasteiger charge is 2.36. The number of nitro benzene ring substituents is 1. The highest BCUT2D eigenvalue weighted by atomic mass is 35.5. The minimum absolute atomic E-state index is 0.00522. The number of hydrogen-bond acceptors (Lipinski definition) is 7. The molecule has 13 heteroatoms. The van der Waals surface area contributed by atoms with Gasteiger partial charge in [-0.05, 0) is 68.5 Å². The summed E-state index contributed by atoms with van der Waals surface area (Å²) in [6, 6.07) is 14.5. The predicted octanol–water partition coefficient (Wildman–Crippen LogP) is 6.33. The van der Waals surface area contributed by atoms with Crippen molar-refractivity contribution < 1.29 is 27.7 Å². The van der Waals surface area contributed by atoms with Crippen molar-refractivity contribution in [3.05, 3.63) is 92.5 Å². The number of sulfonamides is 1. The van der Waals surface area contributed by atoms with E-state index in [0.717, 1.165) is 53.6 Å². The van der Waals surface area contributed by atoms with Crippen LogP contribution in [0.4, 0.5) is 11.4 Å². The second-order valence-corrected chi connectivity index (χ2v) is 14.0. The topological polar surface area (TPSA) is 139 Å². The molecule has 47 heavy (non-hydrogen) atoms. The molecule has 0 spiro atoms. The van der Waals surface area contributed by atoms with Crippen molar-refractivity contribution in [2.45, 2.75) is 82.8 Å². The van der Waals surface area contributed by atoms with Crippen LogP contribution in [0, 0.1) is 24.0 Å². The number of nitrogens with zero attached hydrogens (tertiary/aromatic N) is 3. The van der Waals surface area contributed by atoms with Gasteiger partial charge in [0.1, 0.15) is 18.3 Å². The van der Waals surface area contributed by atoms with Gasteiger partial charge in [-0.25, -0.2) is 8.42 Å². The standard InChI is InChI=1S/C34H41ClN4O7S/c1-5-29(34(41)36-27-13-7-6-8-14-27)37(21-25-12-10-9-11-23(25)2)33(40)22-38(31-19-26(35)16-18-32(31)46-4)47(44,45)28-17-15-24(3)30(20-28)39(42)43/h9-12,15-20,27,29H,5-8,13-14,21-22H2,1-4H3,(H,36,41). The second-order valence-electron chi connectivity index (χ2n) is 11.7. The molecule has 252 valence electrons. The van der Waals surface area contributed by atoms with E-state index in [1.165, 1.54) is 49.3 Å². The van der Waals surface area contributed by atoms with Gasteiger partial charge in [-0.1, -0.05) is 68.1 Å². The zero-order valence-electron chi connectivity index (χ0n) is 27.1. The fourth-order valence-electron chi connectivity index (χ4n) is 5.88. The number of hydrogen-bond donors (Lipinski definition) is 1. The van der Waals surface area contributed by atoms with Crippen molar-refractivity contribution in [1.82, 2.24) is 10.2 Å². The average Bonchev–Trinajstić information content (AvgIpc) is 3.04. The Kier molecular flexibility index (Phi) is 11.9. The first kappa shape index (κ1) is 35.7. The van der Waals surface area contributed by atoms with Crippen LogP contribution >= 0.6 is 11.6 Å². The van der Waals surface area contributed by atoms with Crippen LogP contribution in [0.2, 0.25) is 5.02 Å². The number of rotatable bonds is 13. The Labute approximate surface area is 281 Å². The van der Waals surface area contributed by atoms with E-state index in [4.69, 9.17) is 16.3 Å². The molecule has 0 aromatic heterocycles. The van der Waals surface area contributed by atoms with E-state index in [9.17, 15) is 28.1 Å². The van der Waals surface area contributed by atoms with Crippen molar-refractivity contribution in [1.29, 1.82) is 0 Å². The Bertz CT molecular complexity index is 1730. The van der Waals surface area contributed by atoms with Crippen molar-refractivity contribution in [2.75, 3.05) is 18.0 Å². The summed E-state index contributed by atoms with van der Waals surface area (Å²) in [7, 11) is -3.27. The third-order valence-electron chi connectivity index (χ3n) is 8.59. The minimum atomic E-state index is -4.62. The van der Waals surface area contributed by atoms with Crippen LogP contribution < -0.4 is 14.4 Å². The van der Waals surface area contributed by atoms with Crippen LogP contribution in [-0.2, 0) is 26.2 Å². The Balaban J connectivity index is 1.81. The van der Waals surface area contributed by atoms with Crippen LogP contribution in [0.1, 0.15) is 62.1 Å². The van der Waals surface area contributed by atoms with Gasteiger partial charge < -0.3 is 15.0 Å². The summed E-state index contributed by atoms with van der Waals surface area (Å²) in [6.45, 7) is 4.53. The Morgan fingerprint density at radius 2 is 1.74 bits per heavy atom. The molecule has 0 aliphatic heterocycles. The normalized spacial score (nSPS) is 14.2. The number of carbonyl (C=O) groups is 2. The van der Waals surface area contributed by atoms with Gasteiger partial charge in [0.2, 0.25) is 11.8 Å². The Morgan fingerprint density at radius 1 is 1.04 bits per heavy atom. The molecule has 0 bridgehead atoms. The minimum Gasteiger partial charge on any atom is -0.495 e. The van der Waals surface area contributed by atoms with Gasteiger partial charge in [-0.15, -0.1) is 0 Å². The van der Waals surface area contributed by atoms with E-state index in [1.54, 1.807) is 0 Å². The van der Waals surface area contributed by atoms with E-state index in [0.29, 0.717) is 0 Å². The SMILES string of the molecule is CCC(C(=O)NC1CCCCC1)N(Cc1ccccc1C)C(=O)CN(c1cc(Cl)ccc1OC)S(=O)(=O)c1ccc(C)c([N+](=O)[O-])c1. The lowest BCUT2D eigenvalue weighted by atomic mass is 9.95. The van der Waals surface area contributed by atoms with Gasteiger partial charge in [-0.2, -0.15) is 0 Å². The first-order chi connectivity index (χ1) is 22.4. The second kappa shape index (κ2) is 15.6. The Hall–Kier alpha value is -4.16. The fourth-order valence-corrected chi connectivity index (χ4v) is 7.48. The van der Waals surface area contributed by atoms with Gasteiger partial charge >= 0.3 is 0 Å². The van der Waals surface area contributed by atoms with E-state index >= 15 is 0 Å². The zero-order chi connectivity index (χ0) is 34.3. The average molecular weight is 685 g/mol. The highest BCUT2D eigenvalue weighted by Crippen LogP contribution is 2.36. The molecule has 1 N–H and O–H groups in total. The van der Waals surface area contributed by atoms with Crippen molar-refractivity contribution in [3.63, 3.8) is 0 Å². The molecule has 1 atom stereocenters. The smallest absolute Gasteiger partial charge is 0.273 e. The molecule has 4 rings (SSSR count). The highest BCUT2D eigenvalue weighted by molar-refractivity contribution is 7.92. The number of anilines is 1. The Morgan fingerprint density at radius 3 is 2.38 bits per heavy atom. The largest absolute Gasteiger partial charge is 0.495 e. The van der Waals surface area contributed by atoms with Crippen LogP contribution in [0.25, 0.3) is 0 Å². The first-order valence-electron chi connectivity index (χ1n) is 15.6. The lowest BCUT2D eigenvalue weighted by Crippen LogP contribution is -2.54. The lowest BCUT2D eigenvalue weighted by Gasteiger charge is -2.35. The lowest BCUT2D eigenvalue weighted by molar-refractivity contribution is -0.385. The number of benzene rings is 3. The first-order valence-corrected chi connectivity index (χ1v) is 17.4. The predicted molar refractivity (Wildman–Crippen MR) is 181 cm³/mol. The molecule has 1 saturated carbocycles. The van der Waals surface area contributed by atoms with Crippen LogP contribution in [0.3, 0.4) is 0 Å². The summed E-state index contributed by atoms with van der Waals surface area (Å²) in [6.07, 6.45) is 5.14. The number of nitrogens with one attached hydrogen (secondary N) is 1. The molecule has 1 unspecified atom stereocenters. The molecule has 0 saturated heterocycles. The molecule has 11 nitrogen and oxygen atoms in total. The summed E-state index contributed by atoms with van der Waals surface area (Å²) < 4.78 is 35.0. The molecular formula is C34H41ClN4O7S. The quantitative estimate of drug-likeness (QED) is 0.164. The van der Waals surface area contributed by atoms with E-state index in [1.807, 2.05) is 38.1 Å². The molecule has 0 radical (unpaired) electrons. The number of aryl methyl sites for hydroxylation is 2. The van der Waals surface area contributed by atoms with E-state index in [2.05, 4.69) is 5.32 Å². The number of carbonyl (C=O) groups excluding carboxylic acids is 2. The third-order valence-corrected chi connectivity index (χ3v) is 10.6. The van der Waals surface area contributed by atoms with E-state index < -0.39 is 38.3 Å². The summed E-state index contributed by atoms with van der Waals surface area (Å²) in [5, 5.41) is 15.0. The zero-order valence-corrected chi connectivity index (χ0v) is 28.6. The fraction of sp³-hybridized carbons (Fsp3) is 0.412. The molecule has 3 aromatic rings. The van der Waals surface area contributed by atoms with Crippen molar-refractivity contribution in [3.8, 4) is 5.75 Å². The third kappa shape index (κ3) is 8.41. The maximum Gasteiger partial charge on any atom is 0.273 e. The monoisotopic (exact) mass is 684 g/mol. The van der Waals surface area contributed by atoms with Gasteiger partial charge in [0.15, 0.2) is 0 Å². The molecular weight excluding hydrogens is 644 g/mol. The number of ether oxygens (including phenoxy) is 1. The summed E-state index contributed by atoms with van der Waals surface area (Å²) >= 11 is 6.32. The maximum atomic E-state index is 14.5. The maximum absolute atomic E-state index is 14.5. The molecule has 1 fully saturated rings. The van der Waals surface area contributed by atoms with Gasteiger partial charge in [0, 0.05) is 29.2 Å². The van der Waals surface area contributed by atoms with Crippen LogP contribution in [0.5, 0.6) is 5.75 Å². The number of methoxy groups -OCH3 is 1. The summed E-state index contributed by atoms with van der Waals surface area (Å²) in [4.78, 5) is 40.4. The van der Waals surface area contributed by atoms with Crippen molar-refractivity contribution >= 4 is 44.8 Å². The van der Waals surface area contributed by atoms with E-state index in [-0.39, 0.29) is 52.6 Å². The molecule has 0 heterocycles. The van der Waals surface area contributed by atoms with Gasteiger partial charge in [0.25, 0.3) is 15.7 Å². The molecule has 1 aliphatic carbocycles.